The van der Waals surface area contributed by atoms with Crippen LogP contribution in [-0.4, -0.2) is 22.8 Å². The molecule has 1 nitrogen and oxygen atoms in total. The van der Waals surface area contributed by atoms with Crippen molar-refractivity contribution < 1.29 is 27.1 Å². The quantitative estimate of drug-likeness (QED) is 0.666. The minimum absolute atomic E-state index is 0.459. The summed E-state index contributed by atoms with van der Waals surface area (Å²) in [5, 5.41) is 8.72. The van der Waals surface area contributed by atoms with Gasteiger partial charge in [-0.25, -0.2) is 0 Å². The van der Waals surface area contributed by atoms with Gasteiger partial charge in [-0.3, -0.25) is 0 Å². The SMILES string of the molecule is CCC(C)(O)C(F)(F)C(F)(F)F. The van der Waals surface area contributed by atoms with E-state index in [1.54, 1.807) is 0 Å². The van der Waals surface area contributed by atoms with Crippen molar-refractivity contribution >= 4 is 0 Å². The molecule has 74 valence electrons. The fourth-order valence-electron chi connectivity index (χ4n) is 0.527. The molecule has 0 heterocycles. The van der Waals surface area contributed by atoms with E-state index in [1.165, 1.54) is 0 Å². The first-order chi connectivity index (χ1) is 5.06. The Morgan fingerprint density at radius 2 is 1.42 bits per heavy atom. The highest BCUT2D eigenvalue weighted by Crippen LogP contribution is 2.44. The van der Waals surface area contributed by atoms with Gasteiger partial charge in [0.2, 0.25) is 0 Å². The third-order valence-corrected chi connectivity index (χ3v) is 1.72. The van der Waals surface area contributed by atoms with Crippen LogP contribution in [0.4, 0.5) is 22.0 Å². The number of aliphatic hydroxyl groups is 1. The van der Waals surface area contributed by atoms with Gasteiger partial charge in [0.15, 0.2) is 0 Å². The normalized spacial score (nSPS) is 19.0. The highest BCUT2D eigenvalue weighted by atomic mass is 19.4. The van der Waals surface area contributed by atoms with E-state index >= 15 is 0 Å². The van der Waals surface area contributed by atoms with Gasteiger partial charge in [-0.1, -0.05) is 6.92 Å². The van der Waals surface area contributed by atoms with Gasteiger partial charge in [0.05, 0.1) is 0 Å². The average molecular weight is 192 g/mol. The molecule has 0 bridgehead atoms. The third-order valence-electron chi connectivity index (χ3n) is 1.72. The maximum absolute atomic E-state index is 12.3. The molecular weight excluding hydrogens is 183 g/mol. The molecule has 1 atom stereocenters. The zero-order chi connectivity index (χ0) is 10.2. The van der Waals surface area contributed by atoms with Crippen LogP contribution in [0.25, 0.3) is 0 Å². The summed E-state index contributed by atoms with van der Waals surface area (Å²) < 4.78 is 59.5. The van der Waals surface area contributed by atoms with Gasteiger partial charge in [-0.05, 0) is 13.3 Å². The van der Waals surface area contributed by atoms with Crippen molar-refractivity contribution in [2.75, 3.05) is 0 Å². The largest absolute Gasteiger partial charge is 0.456 e. The van der Waals surface area contributed by atoms with Crippen molar-refractivity contribution in [3.63, 3.8) is 0 Å². The zero-order valence-electron chi connectivity index (χ0n) is 6.54. The number of hydrogen-bond acceptors (Lipinski definition) is 1. The Labute approximate surface area is 66.2 Å². The van der Waals surface area contributed by atoms with Crippen LogP contribution >= 0.6 is 0 Å². The van der Waals surface area contributed by atoms with Crippen molar-refractivity contribution in [1.29, 1.82) is 0 Å². The van der Waals surface area contributed by atoms with Crippen LogP contribution < -0.4 is 0 Å². The average Bonchev–Trinajstić information content (AvgIpc) is 1.85. The Bertz CT molecular complexity index is 160. The van der Waals surface area contributed by atoms with Gasteiger partial charge in [-0.2, -0.15) is 22.0 Å². The van der Waals surface area contributed by atoms with E-state index in [-0.39, 0.29) is 0 Å². The highest BCUT2D eigenvalue weighted by molar-refractivity contribution is 4.93. The first kappa shape index (κ1) is 11.6. The standard InChI is InChI=1S/C6H9F5O/c1-3-4(2,12)5(7,8)6(9,10)11/h12H,3H2,1-2H3. The zero-order valence-corrected chi connectivity index (χ0v) is 6.54. The van der Waals surface area contributed by atoms with E-state index in [9.17, 15) is 22.0 Å². The summed E-state index contributed by atoms with van der Waals surface area (Å²) in [6, 6.07) is 0. The monoisotopic (exact) mass is 192 g/mol. The molecule has 12 heavy (non-hydrogen) atoms. The Balaban J connectivity index is 4.85. The number of hydrogen-bond donors (Lipinski definition) is 1. The van der Waals surface area contributed by atoms with Crippen molar-refractivity contribution in [3.05, 3.63) is 0 Å². The lowest BCUT2D eigenvalue weighted by molar-refractivity contribution is -0.338. The van der Waals surface area contributed by atoms with E-state index in [0.717, 1.165) is 6.92 Å². The molecule has 0 spiro atoms. The Hall–Kier alpha value is -0.390. The van der Waals surface area contributed by atoms with Crippen LogP contribution in [0.15, 0.2) is 0 Å². The fraction of sp³-hybridized carbons (Fsp3) is 1.00. The predicted octanol–water partition coefficient (Wildman–Crippen LogP) is 2.35. The van der Waals surface area contributed by atoms with E-state index in [2.05, 4.69) is 0 Å². The summed E-state index contributed by atoms with van der Waals surface area (Å²) in [5.41, 5.74) is -3.04. The molecule has 0 aromatic carbocycles. The van der Waals surface area contributed by atoms with Gasteiger partial charge in [0, 0.05) is 0 Å². The van der Waals surface area contributed by atoms with Crippen molar-refractivity contribution in [3.8, 4) is 0 Å². The van der Waals surface area contributed by atoms with Crippen LogP contribution in [0.2, 0.25) is 0 Å². The highest BCUT2D eigenvalue weighted by Gasteiger charge is 2.67. The second-order valence-electron chi connectivity index (χ2n) is 2.70. The van der Waals surface area contributed by atoms with E-state index in [4.69, 9.17) is 5.11 Å². The molecule has 6 heteroatoms. The van der Waals surface area contributed by atoms with Crippen LogP contribution in [0.5, 0.6) is 0 Å². The second kappa shape index (κ2) is 2.83. The van der Waals surface area contributed by atoms with Crippen molar-refractivity contribution in [2.45, 2.75) is 38.0 Å². The molecule has 0 aromatic rings. The minimum atomic E-state index is -5.70. The first-order valence-electron chi connectivity index (χ1n) is 3.23. The van der Waals surface area contributed by atoms with Crippen LogP contribution in [-0.2, 0) is 0 Å². The van der Waals surface area contributed by atoms with Crippen molar-refractivity contribution in [2.24, 2.45) is 0 Å². The molecule has 0 aliphatic heterocycles. The molecule has 0 fully saturated rings. The number of halogens is 5. The van der Waals surface area contributed by atoms with Gasteiger partial charge < -0.3 is 5.11 Å². The number of alkyl halides is 5. The third kappa shape index (κ3) is 1.68. The lowest BCUT2D eigenvalue weighted by Crippen LogP contribution is -2.54. The van der Waals surface area contributed by atoms with E-state index in [0.29, 0.717) is 6.92 Å². The summed E-state index contributed by atoms with van der Waals surface area (Å²) in [6.07, 6.45) is -6.37. The molecule has 0 saturated heterocycles. The molecule has 0 radical (unpaired) electrons. The van der Waals surface area contributed by atoms with Gasteiger partial charge in [0.1, 0.15) is 5.60 Å². The van der Waals surface area contributed by atoms with Gasteiger partial charge in [0.25, 0.3) is 0 Å². The summed E-state index contributed by atoms with van der Waals surface area (Å²) in [5.74, 6) is -5.06. The number of rotatable bonds is 2. The molecule has 1 unspecified atom stereocenters. The van der Waals surface area contributed by atoms with Crippen LogP contribution in [0.3, 0.4) is 0 Å². The summed E-state index contributed by atoms with van der Waals surface area (Å²) >= 11 is 0. The van der Waals surface area contributed by atoms with Crippen LogP contribution in [0, 0.1) is 0 Å². The summed E-state index contributed by atoms with van der Waals surface area (Å²) in [4.78, 5) is 0. The minimum Gasteiger partial charge on any atom is -0.384 e. The molecule has 1 N–H and O–H groups in total. The lowest BCUT2D eigenvalue weighted by Gasteiger charge is -2.32. The second-order valence-corrected chi connectivity index (χ2v) is 2.70. The smallest absolute Gasteiger partial charge is 0.384 e. The van der Waals surface area contributed by atoms with Crippen molar-refractivity contribution in [1.82, 2.24) is 0 Å². The summed E-state index contributed by atoms with van der Waals surface area (Å²) in [6.45, 7) is 1.51. The Kier molecular flexibility index (Phi) is 2.74. The molecule has 0 rings (SSSR count). The Morgan fingerprint density at radius 3 is 1.50 bits per heavy atom. The van der Waals surface area contributed by atoms with E-state index in [1.807, 2.05) is 0 Å². The lowest BCUT2D eigenvalue weighted by atomic mass is 9.94. The molecule has 0 amide bonds. The van der Waals surface area contributed by atoms with Crippen LogP contribution in [0.1, 0.15) is 20.3 Å². The maximum atomic E-state index is 12.3. The predicted molar refractivity (Wildman–Crippen MR) is 31.9 cm³/mol. The maximum Gasteiger partial charge on any atom is 0.456 e. The molecule has 0 aliphatic rings. The van der Waals surface area contributed by atoms with Gasteiger partial charge >= 0.3 is 12.1 Å². The molecular formula is C6H9F5O. The molecule has 0 aromatic heterocycles. The molecule has 0 aliphatic carbocycles. The first-order valence-corrected chi connectivity index (χ1v) is 3.23. The Morgan fingerprint density at radius 1 is 1.08 bits per heavy atom. The summed E-state index contributed by atoms with van der Waals surface area (Å²) in [7, 11) is 0. The molecule has 0 saturated carbocycles. The van der Waals surface area contributed by atoms with Gasteiger partial charge in [-0.15, -0.1) is 0 Å². The van der Waals surface area contributed by atoms with E-state index < -0.39 is 24.1 Å². The topological polar surface area (TPSA) is 20.2 Å². The fourth-order valence-corrected chi connectivity index (χ4v) is 0.527.